The Morgan fingerprint density at radius 2 is 1.79 bits per heavy atom. The van der Waals surface area contributed by atoms with Crippen molar-refractivity contribution in [2.24, 2.45) is 5.92 Å². The summed E-state index contributed by atoms with van der Waals surface area (Å²) in [5, 5.41) is 5.18. The van der Waals surface area contributed by atoms with E-state index in [9.17, 15) is 0 Å². The summed E-state index contributed by atoms with van der Waals surface area (Å²) < 4.78 is 0. The number of piperidine rings is 1. The van der Waals surface area contributed by atoms with Crippen LogP contribution in [0.15, 0.2) is 54.6 Å². The minimum atomic E-state index is 0.569. The number of rotatable bonds is 3. The van der Waals surface area contributed by atoms with Gasteiger partial charge >= 0.3 is 0 Å². The van der Waals surface area contributed by atoms with E-state index in [0.717, 1.165) is 42.1 Å². The van der Waals surface area contributed by atoms with Gasteiger partial charge in [-0.15, -0.1) is 0 Å². The molecule has 4 rings (SSSR count). The van der Waals surface area contributed by atoms with E-state index in [1.807, 2.05) is 18.2 Å². The van der Waals surface area contributed by atoms with Crippen molar-refractivity contribution in [2.45, 2.75) is 19.3 Å². The van der Waals surface area contributed by atoms with Gasteiger partial charge in [-0.2, -0.15) is 0 Å². The first-order valence-corrected chi connectivity index (χ1v) is 9.03. The first kappa shape index (κ1) is 15.6. The number of fused-ring (bicyclic) bond motifs is 1. The molecule has 122 valence electrons. The predicted octanol–water partition coefficient (Wildman–Crippen LogP) is 5.10. The normalized spacial score (nSPS) is 15.7. The Morgan fingerprint density at radius 1 is 1.00 bits per heavy atom. The van der Waals surface area contributed by atoms with E-state index in [1.54, 1.807) is 0 Å². The van der Waals surface area contributed by atoms with Gasteiger partial charge in [0.2, 0.25) is 0 Å². The van der Waals surface area contributed by atoms with Crippen molar-refractivity contribution in [3.05, 3.63) is 65.3 Å². The van der Waals surface area contributed by atoms with Crippen molar-refractivity contribution in [3.8, 4) is 11.1 Å². The Labute approximate surface area is 147 Å². The third kappa shape index (κ3) is 3.31. The van der Waals surface area contributed by atoms with Crippen LogP contribution >= 0.6 is 11.6 Å². The molecular formula is C21H21ClN2. The molecule has 0 amide bonds. The molecule has 0 unspecified atom stereocenters. The topological polar surface area (TPSA) is 24.9 Å². The van der Waals surface area contributed by atoms with E-state index >= 15 is 0 Å². The van der Waals surface area contributed by atoms with Crippen molar-refractivity contribution in [1.29, 1.82) is 0 Å². The number of hydrogen-bond donors (Lipinski definition) is 1. The molecule has 0 atom stereocenters. The Morgan fingerprint density at radius 3 is 2.58 bits per heavy atom. The molecule has 3 heteroatoms. The lowest BCUT2D eigenvalue weighted by Gasteiger charge is -2.22. The van der Waals surface area contributed by atoms with Crippen LogP contribution in [0.4, 0.5) is 0 Å². The van der Waals surface area contributed by atoms with E-state index < -0.39 is 0 Å². The van der Waals surface area contributed by atoms with Crippen LogP contribution in [0, 0.1) is 5.92 Å². The molecule has 24 heavy (non-hydrogen) atoms. The van der Waals surface area contributed by atoms with E-state index in [1.165, 1.54) is 23.8 Å². The zero-order valence-corrected chi connectivity index (χ0v) is 14.4. The van der Waals surface area contributed by atoms with E-state index in [4.69, 9.17) is 11.6 Å². The highest BCUT2D eigenvalue weighted by Gasteiger charge is 2.14. The Hall–Kier alpha value is -1.90. The number of nitrogens with zero attached hydrogens (tertiary/aromatic N) is 1. The van der Waals surface area contributed by atoms with Crippen molar-refractivity contribution in [2.75, 3.05) is 13.1 Å². The zero-order valence-electron chi connectivity index (χ0n) is 13.6. The number of nitrogens with one attached hydrogen (secondary N) is 1. The molecule has 0 bridgehead atoms. The van der Waals surface area contributed by atoms with Crippen molar-refractivity contribution in [1.82, 2.24) is 10.3 Å². The summed E-state index contributed by atoms with van der Waals surface area (Å²) in [6.07, 6.45) is 3.69. The average Bonchev–Trinajstić information content (AvgIpc) is 2.63. The van der Waals surface area contributed by atoms with Gasteiger partial charge in [0.15, 0.2) is 0 Å². The van der Waals surface area contributed by atoms with Gasteiger partial charge in [-0.05, 0) is 67.6 Å². The first-order chi connectivity index (χ1) is 11.8. The highest BCUT2D eigenvalue weighted by atomic mass is 35.5. The van der Waals surface area contributed by atoms with Crippen molar-refractivity contribution >= 4 is 22.5 Å². The zero-order chi connectivity index (χ0) is 16.4. The fourth-order valence-corrected chi connectivity index (χ4v) is 3.82. The molecule has 1 fully saturated rings. The first-order valence-electron chi connectivity index (χ1n) is 8.65. The summed E-state index contributed by atoms with van der Waals surface area (Å²) in [4.78, 5) is 4.60. The molecule has 0 saturated carbocycles. The van der Waals surface area contributed by atoms with Gasteiger partial charge in [-0.25, -0.2) is 4.98 Å². The molecule has 2 nitrogen and oxygen atoms in total. The minimum absolute atomic E-state index is 0.569. The van der Waals surface area contributed by atoms with Crippen molar-refractivity contribution < 1.29 is 0 Å². The third-order valence-electron chi connectivity index (χ3n) is 4.90. The monoisotopic (exact) mass is 336 g/mol. The van der Waals surface area contributed by atoms with Crippen LogP contribution in [0.3, 0.4) is 0 Å². The summed E-state index contributed by atoms with van der Waals surface area (Å²) in [7, 11) is 0. The Balaban J connectivity index is 1.68. The lowest BCUT2D eigenvalue weighted by atomic mass is 9.90. The lowest BCUT2D eigenvalue weighted by molar-refractivity contribution is 0.373. The maximum absolute atomic E-state index is 6.42. The highest BCUT2D eigenvalue weighted by Crippen LogP contribution is 2.30. The molecule has 1 saturated heterocycles. The maximum Gasteiger partial charge on any atom is 0.137 e. The smallest absolute Gasteiger partial charge is 0.137 e. The lowest BCUT2D eigenvalue weighted by Crippen LogP contribution is -2.28. The molecule has 0 spiro atoms. The molecular weight excluding hydrogens is 316 g/mol. The molecule has 2 aromatic carbocycles. The van der Waals surface area contributed by atoms with Crippen LogP contribution in [0.2, 0.25) is 5.15 Å². The van der Waals surface area contributed by atoms with E-state index in [2.05, 4.69) is 46.7 Å². The second kappa shape index (κ2) is 6.92. The van der Waals surface area contributed by atoms with Crippen LogP contribution < -0.4 is 5.32 Å². The minimum Gasteiger partial charge on any atom is -0.317 e. The van der Waals surface area contributed by atoms with Gasteiger partial charge in [0.1, 0.15) is 5.15 Å². The number of aromatic nitrogens is 1. The number of benzene rings is 2. The fourth-order valence-electron chi connectivity index (χ4n) is 3.57. The Kier molecular flexibility index (Phi) is 4.50. The summed E-state index contributed by atoms with van der Waals surface area (Å²) in [6, 6.07) is 19.0. The second-order valence-corrected chi connectivity index (χ2v) is 6.98. The SMILES string of the molecule is Clc1nc2ccc(CC3CCNCC3)cc2cc1-c1ccccc1. The molecule has 3 aromatic rings. The summed E-state index contributed by atoms with van der Waals surface area (Å²) in [5.41, 5.74) is 4.48. The quantitative estimate of drug-likeness (QED) is 0.673. The van der Waals surface area contributed by atoms with Gasteiger partial charge in [0.05, 0.1) is 5.52 Å². The number of pyridine rings is 1. The molecule has 0 radical (unpaired) electrons. The van der Waals surface area contributed by atoms with Gasteiger partial charge in [0.25, 0.3) is 0 Å². The maximum atomic E-state index is 6.42. The van der Waals surface area contributed by atoms with Gasteiger partial charge in [-0.1, -0.05) is 48.0 Å². The number of hydrogen-bond acceptors (Lipinski definition) is 2. The van der Waals surface area contributed by atoms with Crippen LogP contribution in [-0.4, -0.2) is 18.1 Å². The molecule has 1 aromatic heterocycles. The van der Waals surface area contributed by atoms with E-state index in [0.29, 0.717) is 5.15 Å². The predicted molar refractivity (Wildman–Crippen MR) is 101 cm³/mol. The van der Waals surface area contributed by atoms with Crippen LogP contribution in [0.5, 0.6) is 0 Å². The molecule has 0 aliphatic carbocycles. The molecule has 1 N–H and O–H groups in total. The summed E-state index contributed by atoms with van der Waals surface area (Å²) in [5.74, 6) is 0.789. The van der Waals surface area contributed by atoms with Crippen molar-refractivity contribution in [3.63, 3.8) is 0 Å². The summed E-state index contributed by atoms with van der Waals surface area (Å²) >= 11 is 6.42. The summed E-state index contributed by atoms with van der Waals surface area (Å²) in [6.45, 7) is 2.29. The van der Waals surface area contributed by atoms with Crippen LogP contribution in [0.25, 0.3) is 22.0 Å². The van der Waals surface area contributed by atoms with Crippen LogP contribution in [-0.2, 0) is 6.42 Å². The van der Waals surface area contributed by atoms with Gasteiger partial charge in [0, 0.05) is 10.9 Å². The average molecular weight is 337 g/mol. The molecule has 1 aliphatic rings. The largest absolute Gasteiger partial charge is 0.317 e. The number of halogens is 1. The second-order valence-electron chi connectivity index (χ2n) is 6.62. The third-order valence-corrected chi connectivity index (χ3v) is 5.19. The fraction of sp³-hybridized carbons (Fsp3) is 0.286. The Bertz CT molecular complexity index is 839. The van der Waals surface area contributed by atoms with E-state index in [-0.39, 0.29) is 0 Å². The van der Waals surface area contributed by atoms with Gasteiger partial charge in [-0.3, -0.25) is 0 Å². The molecule has 1 aliphatic heterocycles. The standard InChI is InChI=1S/C21H21ClN2/c22-21-19(17-4-2-1-3-5-17)14-18-13-16(6-7-20(18)24-21)12-15-8-10-23-11-9-15/h1-7,13-15,23H,8-12H2. The highest BCUT2D eigenvalue weighted by molar-refractivity contribution is 6.32. The van der Waals surface area contributed by atoms with Gasteiger partial charge < -0.3 is 5.32 Å². The molecule has 2 heterocycles. The van der Waals surface area contributed by atoms with Crippen LogP contribution in [0.1, 0.15) is 18.4 Å².